The highest BCUT2D eigenvalue weighted by atomic mass is 79.9. The first kappa shape index (κ1) is 9.00. The van der Waals surface area contributed by atoms with Crippen LogP contribution in [0, 0.1) is 6.07 Å². The molecule has 1 N–H and O–H groups in total. The van der Waals surface area contributed by atoms with Gasteiger partial charge in [-0.1, -0.05) is 28.1 Å². The highest BCUT2D eigenvalue weighted by molar-refractivity contribution is 9.10. The number of halogens is 1. The summed E-state index contributed by atoms with van der Waals surface area (Å²) >= 11 is 3.27. The Hall–Kier alpha value is -1.09. The molecular formula is C9H6BrO2. The second kappa shape index (κ2) is 4.07. The molecule has 0 fully saturated rings. The fraction of sp³-hybridized carbons (Fsp3) is 0. The minimum Gasteiger partial charge on any atom is -0.478 e. The summed E-state index contributed by atoms with van der Waals surface area (Å²) in [6, 6.07) is 8.11. The third-order valence-corrected chi connectivity index (χ3v) is 1.94. The number of rotatable bonds is 2. The summed E-state index contributed by atoms with van der Waals surface area (Å²) < 4.78 is 0.836. The Bertz CT molecular complexity index is 318. The number of benzene rings is 1. The van der Waals surface area contributed by atoms with Crippen LogP contribution in [0.5, 0.6) is 0 Å². The predicted molar refractivity (Wildman–Crippen MR) is 49.6 cm³/mol. The van der Waals surface area contributed by atoms with Gasteiger partial charge in [-0.3, -0.25) is 0 Å². The van der Waals surface area contributed by atoms with Gasteiger partial charge in [-0.05, 0) is 23.8 Å². The van der Waals surface area contributed by atoms with Crippen LogP contribution in [0.1, 0.15) is 5.56 Å². The van der Waals surface area contributed by atoms with Crippen molar-refractivity contribution in [2.24, 2.45) is 0 Å². The molecule has 0 aliphatic rings. The van der Waals surface area contributed by atoms with Crippen molar-refractivity contribution in [3.8, 4) is 0 Å². The van der Waals surface area contributed by atoms with E-state index in [-0.39, 0.29) is 0 Å². The molecule has 0 spiro atoms. The van der Waals surface area contributed by atoms with Crippen LogP contribution in [0.15, 0.2) is 28.7 Å². The van der Waals surface area contributed by atoms with Crippen LogP contribution in [0.3, 0.4) is 0 Å². The molecule has 61 valence electrons. The van der Waals surface area contributed by atoms with Crippen LogP contribution in [-0.4, -0.2) is 11.1 Å². The molecule has 1 aromatic carbocycles. The summed E-state index contributed by atoms with van der Waals surface area (Å²) in [7, 11) is 0. The molecule has 1 aromatic rings. The zero-order valence-electron chi connectivity index (χ0n) is 6.12. The average molecular weight is 226 g/mol. The van der Waals surface area contributed by atoms with E-state index in [1.807, 2.05) is 0 Å². The summed E-state index contributed by atoms with van der Waals surface area (Å²) in [4.78, 5) is 10.2. The zero-order chi connectivity index (χ0) is 8.97. The quantitative estimate of drug-likeness (QED) is 0.786. The summed E-state index contributed by atoms with van der Waals surface area (Å²) in [5, 5.41) is 8.36. The molecule has 2 nitrogen and oxygen atoms in total. The normalized spacial score (nSPS) is 10.4. The van der Waals surface area contributed by atoms with E-state index in [1.54, 1.807) is 18.2 Å². The minimum absolute atomic E-state index is 0.830. The first-order chi connectivity index (χ1) is 5.70. The molecule has 0 aliphatic heterocycles. The van der Waals surface area contributed by atoms with Gasteiger partial charge in [0.2, 0.25) is 0 Å². The van der Waals surface area contributed by atoms with E-state index in [0.717, 1.165) is 16.1 Å². The SMILES string of the molecule is O=C(O)C=Cc1cc[c]cc1Br. The van der Waals surface area contributed by atoms with Gasteiger partial charge in [-0.15, -0.1) is 0 Å². The van der Waals surface area contributed by atoms with E-state index >= 15 is 0 Å². The minimum atomic E-state index is -0.949. The fourth-order valence-electron chi connectivity index (χ4n) is 0.718. The van der Waals surface area contributed by atoms with Crippen molar-refractivity contribution in [2.75, 3.05) is 0 Å². The maximum absolute atomic E-state index is 10.2. The second-order valence-electron chi connectivity index (χ2n) is 2.12. The van der Waals surface area contributed by atoms with Gasteiger partial charge < -0.3 is 5.11 Å². The number of aliphatic carboxylic acids is 1. The van der Waals surface area contributed by atoms with Crippen molar-refractivity contribution in [1.82, 2.24) is 0 Å². The van der Waals surface area contributed by atoms with Crippen LogP contribution in [0.25, 0.3) is 6.08 Å². The maximum atomic E-state index is 10.2. The molecule has 1 rings (SSSR count). The van der Waals surface area contributed by atoms with Gasteiger partial charge in [0.15, 0.2) is 0 Å². The lowest BCUT2D eigenvalue weighted by atomic mass is 10.2. The largest absolute Gasteiger partial charge is 0.478 e. The molecule has 3 heteroatoms. The molecule has 0 saturated carbocycles. The summed E-state index contributed by atoms with van der Waals surface area (Å²) in [6.07, 6.45) is 2.63. The van der Waals surface area contributed by atoms with Gasteiger partial charge in [0.25, 0.3) is 0 Å². The lowest BCUT2D eigenvalue weighted by Crippen LogP contribution is -1.85. The van der Waals surface area contributed by atoms with E-state index < -0.39 is 5.97 Å². The Balaban J connectivity index is 2.89. The standard InChI is InChI=1S/C9H6BrO2/c10-8-4-2-1-3-7(8)5-6-9(11)12/h1,3-6H,(H,11,12). The Morgan fingerprint density at radius 1 is 1.67 bits per heavy atom. The van der Waals surface area contributed by atoms with Gasteiger partial charge in [0.1, 0.15) is 0 Å². The predicted octanol–water partition coefficient (Wildman–Crippen LogP) is 2.35. The van der Waals surface area contributed by atoms with Gasteiger partial charge in [0, 0.05) is 10.5 Å². The van der Waals surface area contributed by atoms with Crippen LogP contribution >= 0.6 is 15.9 Å². The first-order valence-corrected chi connectivity index (χ1v) is 4.06. The van der Waals surface area contributed by atoms with Crippen molar-refractivity contribution in [2.45, 2.75) is 0 Å². The molecule has 0 heterocycles. The first-order valence-electron chi connectivity index (χ1n) is 3.27. The molecule has 0 bridgehead atoms. The van der Waals surface area contributed by atoms with Gasteiger partial charge in [0.05, 0.1) is 0 Å². The van der Waals surface area contributed by atoms with Crippen molar-refractivity contribution in [3.05, 3.63) is 40.4 Å². The van der Waals surface area contributed by atoms with Crippen LogP contribution in [-0.2, 0) is 4.79 Å². The Morgan fingerprint density at radius 3 is 3.00 bits per heavy atom. The van der Waals surface area contributed by atoms with Gasteiger partial charge >= 0.3 is 5.97 Å². The van der Waals surface area contributed by atoms with Crippen LogP contribution < -0.4 is 0 Å². The topological polar surface area (TPSA) is 37.3 Å². The molecule has 12 heavy (non-hydrogen) atoms. The van der Waals surface area contributed by atoms with E-state index in [1.165, 1.54) is 6.08 Å². The Labute approximate surface area is 78.7 Å². The average Bonchev–Trinajstić information content (AvgIpc) is 2.03. The van der Waals surface area contributed by atoms with E-state index in [2.05, 4.69) is 22.0 Å². The third kappa shape index (κ3) is 2.51. The summed E-state index contributed by atoms with van der Waals surface area (Å²) in [5.74, 6) is -0.949. The third-order valence-electron chi connectivity index (χ3n) is 1.25. The number of carboxylic acids is 1. The zero-order valence-corrected chi connectivity index (χ0v) is 7.71. The van der Waals surface area contributed by atoms with Gasteiger partial charge in [-0.25, -0.2) is 4.79 Å². The number of carbonyl (C=O) groups is 1. The monoisotopic (exact) mass is 225 g/mol. The second-order valence-corrected chi connectivity index (χ2v) is 2.97. The van der Waals surface area contributed by atoms with Crippen molar-refractivity contribution in [1.29, 1.82) is 0 Å². The van der Waals surface area contributed by atoms with Crippen molar-refractivity contribution >= 4 is 28.0 Å². The van der Waals surface area contributed by atoms with Gasteiger partial charge in [-0.2, -0.15) is 0 Å². The summed E-state index contributed by atoms with van der Waals surface area (Å²) in [5.41, 5.74) is 0.830. The highest BCUT2D eigenvalue weighted by Gasteiger charge is 1.93. The van der Waals surface area contributed by atoms with E-state index in [4.69, 9.17) is 5.11 Å². The Morgan fingerprint density at radius 2 is 2.42 bits per heavy atom. The maximum Gasteiger partial charge on any atom is 0.328 e. The lowest BCUT2D eigenvalue weighted by Gasteiger charge is -1.94. The molecule has 0 saturated heterocycles. The number of carboxylic acid groups (broad SMARTS) is 1. The lowest BCUT2D eigenvalue weighted by molar-refractivity contribution is -0.131. The molecular weight excluding hydrogens is 220 g/mol. The smallest absolute Gasteiger partial charge is 0.328 e. The molecule has 0 unspecified atom stereocenters. The number of hydrogen-bond donors (Lipinski definition) is 1. The molecule has 0 aromatic heterocycles. The summed E-state index contributed by atoms with van der Waals surface area (Å²) in [6.45, 7) is 0. The van der Waals surface area contributed by atoms with Crippen LogP contribution in [0.4, 0.5) is 0 Å². The molecule has 0 atom stereocenters. The fourth-order valence-corrected chi connectivity index (χ4v) is 1.11. The van der Waals surface area contributed by atoms with Crippen molar-refractivity contribution < 1.29 is 9.90 Å². The number of hydrogen-bond acceptors (Lipinski definition) is 1. The highest BCUT2D eigenvalue weighted by Crippen LogP contribution is 2.16. The van der Waals surface area contributed by atoms with Crippen LogP contribution in [0.2, 0.25) is 0 Å². The Kier molecular flexibility index (Phi) is 3.05. The van der Waals surface area contributed by atoms with E-state index in [0.29, 0.717) is 0 Å². The van der Waals surface area contributed by atoms with E-state index in [9.17, 15) is 4.79 Å². The molecule has 0 aliphatic carbocycles. The molecule has 0 amide bonds. The van der Waals surface area contributed by atoms with Crippen molar-refractivity contribution in [3.63, 3.8) is 0 Å². The molecule has 1 radical (unpaired) electrons.